The fourth-order valence-corrected chi connectivity index (χ4v) is 3.37. The third kappa shape index (κ3) is 4.05. The predicted octanol–water partition coefficient (Wildman–Crippen LogP) is 3.11. The Labute approximate surface area is 168 Å². The van der Waals surface area contributed by atoms with Gasteiger partial charge in [0.1, 0.15) is 5.69 Å². The molecule has 1 aliphatic rings. The molecule has 7 nitrogen and oxygen atoms in total. The van der Waals surface area contributed by atoms with E-state index in [1.54, 1.807) is 29.2 Å². The van der Waals surface area contributed by atoms with E-state index in [1.165, 1.54) is 0 Å². The average Bonchev–Trinajstić information content (AvgIpc) is 3.16. The van der Waals surface area contributed by atoms with E-state index in [0.29, 0.717) is 43.2 Å². The smallest absolute Gasteiger partial charge is 0.273 e. The molecule has 0 spiro atoms. The summed E-state index contributed by atoms with van der Waals surface area (Å²) in [6, 6.07) is 16.7. The number of carbonyl (C=O) groups excluding carboxylic acids is 2. The van der Waals surface area contributed by atoms with Crippen molar-refractivity contribution in [2.75, 3.05) is 31.6 Å². The molecule has 4 rings (SSSR count). The van der Waals surface area contributed by atoms with Crippen molar-refractivity contribution in [1.82, 2.24) is 15.1 Å². The number of nitrogens with zero attached hydrogens (tertiary/aromatic N) is 2. The number of hydrogen-bond acceptors (Lipinski definition) is 4. The number of aromatic amines is 1. The van der Waals surface area contributed by atoms with E-state index in [4.69, 9.17) is 4.74 Å². The first-order valence-corrected chi connectivity index (χ1v) is 9.52. The van der Waals surface area contributed by atoms with Gasteiger partial charge in [0, 0.05) is 35.5 Å². The fraction of sp³-hybridized carbons (Fsp3) is 0.227. The molecule has 2 heterocycles. The maximum Gasteiger partial charge on any atom is 0.273 e. The van der Waals surface area contributed by atoms with Crippen molar-refractivity contribution < 1.29 is 14.3 Å². The maximum absolute atomic E-state index is 12.8. The van der Waals surface area contributed by atoms with E-state index < -0.39 is 0 Å². The second-order valence-corrected chi connectivity index (χ2v) is 6.88. The van der Waals surface area contributed by atoms with E-state index in [9.17, 15) is 9.59 Å². The zero-order valence-corrected chi connectivity index (χ0v) is 16.1. The van der Waals surface area contributed by atoms with Crippen molar-refractivity contribution in [1.29, 1.82) is 0 Å². The Balaban J connectivity index is 1.51. The van der Waals surface area contributed by atoms with Crippen molar-refractivity contribution in [2.45, 2.75) is 6.92 Å². The number of carbonyl (C=O) groups is 2. The number of morpholine rings is 1. The zero-order valence-electron chi connectivity index (χ0n) is 16.1. The number of amides is 2. The summed E-state index contributed by atoms with van der Waals surface area (Å²) in [6.07, 6.45) is 0. The highest BCUT2D eigenvalue weighted by Crippen LogP contribution is 2.23. The van der Waals surface area contributed by atoms with Gasteiger partial charge in [0.05, 0.1) is 18.9 Å². The van der Waals surface area contributed by atoms with E-state index in [-0.39, 0.29) is 11.8 Å². The van der Waals surface area contributed by atoms with Crippen LogP contribution in [0.2, 0.25) is 0 Å². The van der Waals surface area contributed by atoms with Crippen molar-refractivity contribution in [3.8, 4) is 11.3 Å². The van der Waals surface area contributed by atoms with Crippen LogP contribution in [0.5, 0.6) is 0 Å². The van der Waals surface area contributed by atoms with Crippen molar-refractivity contribution in [3.63, 3.8) is 0 Å². The van der Waals surface area contributed by atoms with Crippen LogP contribution in [0.4, 0.5) is 5.69 Å². The van der Waals surface area contributed by atoms with Crippen LogP contribution in [0.25, 0.3) is 11.3 Å². The number of anilines is 1. The van der Waals surface area contributed by atoms with Gasteiger partial charge in [-0.05, 0) is 25.1 Å². The summed E-state index contributed by atoms with van der Waals surface area (Å²) in [5.74, 6) is -0.360. The van der Waals surface area contributed by atoms with Gasteiger partial charge in [0.15, 0.2) is 0 Å². The van der Waals surface area contributed by atoms with Crippen LogP contribution < -0.4 is 5.32 Å². The summed E-state index contributed by atoms with van der Waals surface area (Å²) < 4.78 is 5.30. The molecule has 0 saturated carbocycles. The number of hydrogen-bond donors (Lipinski definition) is 2. The molecule has 0 bridgehead atoms. The molecule has 1 aromatic heterocycles. The number of rotatable bonds is 4. The molecule has 1 aliphatic heterocycles. The summed E-state index contributed by atoms with van der Waals surface area (Å²) in [5, 5.41) is 9.98. The van der Waals surface area contributed by atoms with E-state index in [2.05, 4.69) is 15.5 Å². The third-order valence-electron chi connectivity index (χ3n) is 4.95. The van der Waals surface area contributed by atoms with E-state index in [0.717, 1.165) is 16.8 Å². The monoisotopic (exact) mass is 390 g/mol. The lowest BCUT2D eigenvalue weighted by atomic mass is 10.1. The van der Waals surface area contributed by atoms with E-state index in [1.807, 2.05) is 37.3 Å². The fourth-order valence-electron chi connectivity index (χ4n) is 3.37. The minimum absolute atomic E-state index is 0.0616. The van der Waals surface area contributed by atoms with Gasteiger partial charge < -0.3 is 15.0 Å². The van der Waals surface area contributed by atoms with E-state index >= 15 is 0 Å². The van der Waals surface area contributed by atoms with Crippen LogP contribution >= 0.6 is 0 Å². The first-order valence-electron chi connectivity index (χ1n) is 9.52. The average molecular weight is 390 g/mol. The van der Waals surface area contributed by atoms with Gasteiger partial charge >= 0.3 is 0 Å². The summed E-state index contributed by atoms with van der Waals surface area (Å²) in [7, 11) is 0. The lowest BCUT2D eigenvalue weighted by molar-refractivity contribution is 0.0303. The Bertz CT molecular complexity index is 1020. The Morgan fingerprint density at radius 2 is 1.83 bits per heavy atom. The molecule has 2 N–H and O–H groups in total. The Morgan fingerprint density at radius 3 is 2.59 bits per heavy atom. The van der Waals surface area contributed by atoms with Crippen molar-refractivity contribution in [3.05, 3.63) is 71.4 Å². The quantitative estimate of drug-likeness (QED) is 0.717. The second-order valence-electron chi connectivity index (χ2n) is 6.88. The topological polar surface area (TPSA) is 87.3 Å². The highest BCUT2D eigenvalue weighted by Gasteiger charge is 2.20. The Hall–Kier alpha value is -3.45. The van der Waals surface area contributed by atoms with Gasteiger partial charge in [-0.1, -0.05) is 36.4 Å². The molecule has 1 fully saturated rings. The molecular formula is C22H22N4O3. The molecule has 7 heteroatoms. The highest BCUT2D eigenvalue weighted by atomic mass is 16.5. The van der Waals surface area contributed by atoms with Crippen LogP contribution in [-0.2, 0) is 4.74 Å². The lowest BCUT2D eigenvalue weighted by Gasteiger charge is -2.27. The largest absolute Gasteiger partial charge is 0.378 e. The van der Waals surface area contributed by atoms with Crippen molar-refractivity contribution >= 4 is 17.5 Å². The van der Waals surface area contributed by atoms with Gasteiger partial charge in [0.25, 0.3) is 11.8 Å². The standard InChI is InChI=1S/C22H22N4O3/c1-15-19(16-6-3-2-4-7-16)24-25-20(15)21(27)23-18-9-5-8-17(14-18)22(28)26-10-12-29-13-11-26/h2-9,14H,10-13H2,1H3,(H,23,27)(H,24,25). The van der Waals surface area contributed by atoms with Gasteiger partial charge in [-0.15, -0.1) is 0 Å². The lowest BCUT2D eigenvalue weighted by Crippen LogP contribution is -2.40. The number of aromatic nitrogens is 2. The summed E-state index contributed by atoms with van der Waals surface area (Å²) in [5.41, 5.74) is 3.95. The number of nitrogens with one attached hydrogen (secondary N) is 2. The predicted molar refractivity (Wildman–Crippen MR) is 110 cm³/mol. The van der Waals surface area contributed by atoms with Crippen LogP contribution in [0.15, 0.2) is 54.6 Å². The molecule has 3 aromatic rings. The molecule has 2 amide bonds. The van der Waals surface area contributed by atoms with Crippen LogP contribution in [0, 0.1) is 6.92 Å². The highest BCUT2D eigenvalue weighted by molar-refractivity contribution is 6.05. The van der Waals surface area contributed by atoms with Gasteiger partial charge in [-0.3, -0.25) is 14.7 Å². The maximum atomic E-state index is 12.8. The first kappa shape index (κ1) is 18.9. The molecule has 0 radical (unpaired) electrons. The molecule has 1 saturated heterocycles. The van der Waals surface area contributed by atoms with Crippen LogP contribution in [-0.4, -0.2) is 53.2 Å². The Morgan fingerprint density at radius 1 is 1.07 bits per heavy atom. The second kappa shape index (κ2) is 8.28. The minimum Gasteiger partial charge on any atom is -0.378 e. The number of benzene rings is 2. The molecule has 29 heavy (non-hydrogen) atoms. The summed E-state index contributed by atoms with van der Waals surface area (Å²) >= 11 is 0. The zero-order chi connectivity index (χ0) is 20.2. The van der Waals surface area contributed by atoms with Gasteiger partial charge in [-0.25, -0.2) is 0 Å². The normalized spacial score (nSPS) is 13.9. The van der Waals surface area contributed by atoms with Crippen LogP contribution in [0.3, 0.4) is 0 Å². The SMILES string of the molecule is Cc1c(-c2ccccc2)n[nH]c1C(=O)Nc1cccc(C(=O)N2CCOCC2)c1. The Kier molecular flexibility index (Phi) is 5.39. The number of H-pyrrole nitrogens is 1. The summed E-state index contributed by atoms with van der Waals surface area (Å²) in [6.45, 7) is 4.10. The van der Waals surface area contributed by atoms with Crippen LogP contribution in [0.1, 0.15) is 26.4 Å². The molecule has 2 aromatic carbocycles. The molecule has 148 valence electrons. The molecule has 0 unspecified atom stereocenters. The first-order chi connectivity index (χ1) is 14.1. The van der Waals surface area contributed by atoms with Gasteiger partial charge in [-0.2, -0.15) is 5.10 Å². The minimum atomic E-state index is -0.298. The molecule has 0 atom stereocenters. The number of ether oxygens (including phenoxy) is 1. The summed E-state index contributed by atoms with van der Waals surface area (Å²) in [4.78, 5) is 27.2. The van der Waals surface area contributed by atoms with Gasteiger partial charge in [0.2, 0.25) is 0 Å². The van der Waals surface area contributed by atoms with Crippen molar-refractivity contribution in [2.24, 2.45) is 0 Å². The molecular weight excluding hydrogens is 368 g/mol. The third-order valence-corrected chi connectivity index (χ3v) is 4.95. The molecule has 0 aliphatic carbocycles.